The second-order valence-electron chi connectivity index (χ2n) is 5.58. The van der Waals surface area contributed by atoms with Crippen molar-refractivity contribution < 1.29 is 13.9 Å². The fourth-order valence-electron chi connectivity index (χ4n) is 1.64. The van der Waals surface area contributed by atoms with Gasteiger partial charge in [0.1, 0.15) is 17.1 Å². The van der Waals surface area contributed by atoms with E-state index in [-0.39, 0.29) is 0 Å². The van der Waals surface area contributed by atoms with Gasteiger partial charge in [-0.05, 0) is 57.2 Å². The van der Waals surface area contributed by atoms with E-state index in [1.54, 1.807) is 39.0 Å². The first-order valence-electron chi connectivity index (χ1n) is 6.71. The number of furan rings is 1. The Morgan fingerprint density at radius 3 is 2.55 bits per heavy atom. The van der Waals surface area contributed by atoms with E-state index in [0.717, 1.165) is 5.56 Å². The van der Waals surface area contributed by atoms with Gasteiger partial charge in [0.15, 0.2) is 0 Å². The van der Waals surface area contributed by atoms with Gasteiger partial charge in [-0.25, -0.2) is 10.2 Å². The number of hydrazone groups is 1. The zero-order chi connectivity index (χ0) is 16.2. The highest BCUT2D eigenvalue weighted by atomic mass is 35.5. The van der Waals surface area contributed by atoms with Crippen LogP contribution in [0.2, 0.25) is 5.02 Å². The molecule has 22 heavy (non-hydrogen) atoms. The van der Waals surface area contributed by atoms with Crippen molar-refractivity contribution in [2.45, 2.75) is 26.4 Å². The first kappa shape index (κ1) is 16.1. The fraction of sp³-hybridized carbons (Fsp3) is 0.250. The molecule has 0 aliphatic rings. The topological polar surface area (TPSA) is 63.8 Å². The molecule has 5 nitrogen and oxygen atoms in total. The van der Waals surface area contributed by atoms with E-state index in [9.17, 15) is 4.79 Å². The SMILES string of the molecule is CC(C)(C)OC(=O)N/N=C/c1ccc(-c2ccc(Cl)cc2)o1. The summed E-state index contributed by atoms with van der Waals surface area (Å²) >= 11 is 5.84. The van der Waals surface area contributed by atoms with Crippen LogP contribution < -0.4 is 5.43 Å². The first-order chi connectivity index (χ1) is 10.3. The summed E-state index contributed by atoms with van der Waals surface area (Å²) in [7, 11) is 0. The molecule has 2 aromatic rings. The number of carbonyl (C=O) groups excluding carboxylic acids is 1. The molecule has 1 aromatic carbocycles. The maximum atomic E-state index is 11.4. The van der Waals surface area contributed by atoms with Gasteiger partial charge in [0.05, 0.1) is 6.21 Å². The Kier molecular flexibility index (Phi) is 4.88. The third-order valence-corrected chi connectivity index (χ3v) is 2.75. The summed E-state index contributed by atoms with van der Waals surface area (Å²) in [5.74, 6) is 1.20. The average molecular weight is 321 g/mol. The minimum Gasteiger partial charge on any atom is -0.455 e. The molecule has 0 bridgehead atoms. The Morgan fingerprint density at radius 1 is 1.23 bits per heavy atom. The Balaban J connectivity index is 1.96. The molecule has 0 saturated carbocycles. The second-order valence-corrected chi connectivity index (χ2v) is 6.02. The minimum atomic E-state index is -0.617. The predicted octanol–water partition coefficient (Wildman–Crippen LogP) is 4.46. The van der Waals surface area contributed by atoms with Crippen LogP contribution in [-0.4, -0.2) is 17.9 Å². The Labute approximate surface area is 133 Å². The summed E-state index contributed by atoms with van der Waals surface area (Å²) in [5.41, 5.74) is 2.62. The highest BCUT2D eigenvalue weighted by molar-refractivity contribution is 6.30. The van der Waals surface area contributed by atoms with Crippen LogP contribution in [0.15, 0.2) is 45.9 Å². The fourth-order valence-corrected chi connectivity index (χ4v) is 1.77. The van der Waals surface area contributed by atoms with Gasteiger partial charge in [0.25, 0.3) is 0 Å². The zero-order valence-electron chi connectivity index (χ0n) is 12.6. The molecule has 0 spiro atoms. The maximum absolute atomic E-state index is 11.4. The molecule has 0 aliphatic heterocycles. The molecule has 0 radical (unpaired) electrons. The van der Waals surface area contributed by atoms with Gasteiger partial charge < -0.3 is 9.15 Å². The van der Waals surface area contributed by atoms with E-state index >= 15 is 0 Å². The van der Waals surface area contributed by atoms with Crippen LogP contribution in [0.4, 0.5) is 4.79 Å². The number of nitrogens with zero attached hydrogens (tertiary/aromatic N) is 1. The molecule has 0 aliphatic carbocycles. The number of carbonyl (C=O) groups is 1. The molecule has 6 heteroatoms. The molecule has 1 N–H and O–H groups in total. The summed E-state index contributed by atoms with van der Waals surface area (Å²) < 4.78 is 10.7. The second kappa shape index (κ2) is 6.66. The van der Waals surface area contributed by atoms with Crippen LogP contribution in [0.25, 0.3) is 11.3 Å². The van der Waals surface area contributed by atoms with E-state index in [0.29, 0.717) is 16.5 Å². The van der Waals surface area contributed by atoms with Crippen LogP contribution in [0.1, 0.15) is 26.5 Å². The molecule has 1 amide bonds. The van der Waals surface area contributed by atoms with Gasteiger partial charge >= 0.3 is 6.09 Å². The standard InChI is InChI=1S/C16H17ClN2O3/c1-16(2,3)22-15(20)19-18-10-13-8-9-14(21-13)11-4-6-12(17)7-5-11/h4-10H,1-3H3,(H,19,20)/b18-10+. The minimum absolute atomic E-state index is 0.515. The third kappa shape index (κ3) is 4.93. The number of rotatable bonds is 3. The Bertz CT molecular complexity index is 669. The lowest BCUT2D eigenvalue weighted by Gasteiger charge is -2.18. The van der Waals surface area contributed by atoms with Gasteiger partial charge in [-0.1, -0.05) is 11.6 Å². The van der Waals surface area contributed by atoms with Crippen molar-refractivity contribution in [3.05, 3.63) is 47.2 Å². The van der Waals surface area contributed by atoms with Crippen LogP contribution in [0, 0.1) is 0 Å². The molecular weight excluding hydrogens is 304 g/mol. The molecule has 2 rings (SSSR count). The van der Waals surface area contributed by atoms with Crippen LogP contribution in [-0.2, 0) is 4.74 Å². The first-order valence-corrected chi connectivity index (χ1v) is 7.09. The molecule has 0 unspecified atom stereocenters. The monoisotopic (exact) mass is 320 g/mol. The summed E-state index contributed by atoms with van der Waals surface area (Å²) in [6, 6.07) is 10.9. The number of halogens is 1. The molecule has 0 atom stereocenters. The predicted molar refractivity (Wildman–Crippen MR) is 86.1 cm³/mol. The summed E-state index contributed by atoms with van der Waals surface area (Å²) in [5, 5.41) is 4.45. The lowest BCUT2D eigenvalue weighted by molar-refractivity contribution is 0.0529. The third-order valence-electron chi connectivity index (χ3n) is 2.50. The number of ether oxygens (including phenoxy) is 1. The molecule has 116 valence electrons. The number of nitrogens with one attached hydrogen (secondary N) is 1. The van der Waals surface area contributed by atoms with Crippen LogP contribution in [0.5, 0.6) is 0 Å². The number of amides is 1. The largest absolute Gasteiger partial charge is 0.455 e. The molecule has 0 fully saturated rings. The average Bonchev–Trinajstić information content (AvgIpc) is 2.86. The van der Waals surface area contributed by atoms with Gasteiger partial charge in [-0.3, -0.25) is 0 Å². The summed E-state index contributed by atoms with van der Waals surface area (Å²) in [6.45, 7) is 5.34. The molecule has 1 heterocycles. The van der Waals surface area contributed by atoms with Gasteiger partial charge in [-0.2, -0.15) is 5.10 Å². The lowest BCUT2D eigenvalue weighted by Crippen LogP contribution is -2.29. The highest BCUT2D eigenvalue weighted by Crippen LogP contribution is 2.23. The zero-order valence-corrected chi connectivity index (χ0v) is 13.3. The molecule has 0 saturated heterocycles. The highest BCUT2D eigenvalue weighted by Gasteiger charge is 2.15. The molecule has 1 aromatic heterocycles. The van der Waals surface area contributed by atoms with E-state index in [2.05, 4.69) is 10.5 Å². The van der Waals surface area contributed by atoms with E-state index in [1.165, 1.54) is 6.21 Å². The normalized spacial score (nSPS) is 11.6. The maximum Gasteiger partial charge on any atom is 0.428 e. The van der Waals surface area contributed by atoms with Crippen molar-refractivity contribution in [3.63, 3.8) is 0 Å². The molecular formula is C16H17ClN2O3. The van der Waals surface area contributed by atoms with Crippen LogP contribution >= 0.6 is 11.6 Å². The van der Waals surface area contributed by atoms with Crippen molar-refractivity contribution in [1.29, 1.82) is 0 Å². The van der Waals surface area contributed by atoms with Crippen molar-refractivity contribution >= 4 is 23.9 Å². The van der Waals surface area contributed by atoms with Gasteiger partial charge in [-0.15, -0.1) is 0 Å². The van der Waals surface area contributed by atoms with E-state index in [1.807, 2.05) is 18.2 Å². The lowest BCUT2D eigenvalue weighted by atomic mass is 10.2. The van der Waals surface area contributed by atoms with E-state index in [4.69, 9.17) is 20.8 Å². The summed E-state index contributed by atoms with van der Waals surface area (Å²) in [6.07, 6.45) is 0.789. The van der Waals surface area contributed by atoms with Crippen molar-refractivity contribution in [2.24, 2.45) is 5.10 Å². The smallest absolute Gasteiger partial charge is 0.428 e. The van der Waals surface area contributed by atoms with Crippen molar-refractivity contribution in [3.8, 4) is 11.3 Å². The van der Waals surface area contributed by atoms with Gasteiger partial charge in [0, 0.05) is 10.6 Å². The number of hydrogen-bond acceptors (Lipinski definition) is 4. The van der Waals surface area contributed by atoms with Crippen molar-refractivity contribution in [1.82, 2.24) is 5.43 Å². The summed E-state index contributed by atoms with van der Waals surface area (Å²) in [4.78, 5) is 11.4. The number of hydrogen-bond donors (Lipinski definition) is 1. The quantitative estimate of drug-likeness (QED) is 0.671. The van der Waals surface area contributed by atoms with Crippen LogP contribution in [0.3, 0.4) is 0 Å². The number of benzene rings is 1. The Hall–Kier alpha value is -2.27. The van der Waals surface area contributed by atoms with E-state index < -0.39 is 11.7 Å². The Morgan fingerprint density at radius 2 is 1.91 bits per heavy atom. The van der Waals surface area contributed by atoms with Crippen molar-refractivity contribution in [2.75, 3.05) is 0 Å². The van der Waals surface area contributed by atoms with Gasteiger partial charge in [0.2, 0.25) is 0 Å².